The number of aryl methyl sites for hydroxylation is 1. The van der Waals surface area contributed by atoms with Crippen LogP contribution in [0.2, 0.25) is 0 Å². The van der Waals surface area contributed by atoms with E-state index >= 15 is 0 Å². The van der Waals surface area contributed by atoms with Gasteiger partial charge in [0, 0.05) is 36.3 Å². The summed E-state index contributed by atoms with van der Waals surface area (Å²) >= 11 is 1.50. The molecule has 2 aromatic rings. The summed E-state index contributed by atoms with van der Waals surface area (Å²) in [6.07, 6.45) is 3.09. The van der Waals surface area contributed by atoms with Crippen molar-refractivity contribution >= 4 is 40.6 Å². The second-order valence-corrected chi connectivity index (χ2v) is 8.73. The van der Waals surface area contributed by atoms with E-state index in [-0.39, 0.29) is 11.8 Å². The van der Waals surface area contributed by atoms with Crippen LogP contribution < -0.4 is 15.1 Å². The van der Waals surface area contributed by atoms with Gasteiger partial charge in [-0.15, -0.1) is 0 Å². The molecule has 0 radical (unpaired) electrons. The molecule has 3 heterocycles. The van der Waals surface area contributed by atoms with Crippen LogP contribution in [-0.2, 0) is 16.0 Å². The van der Waals surface area contributed by atoms with Gasteiger partial charge in [-0.05, 0) is 55.2 Å². The molecule has 1 N–H and O–H groups in total. The third-order valence-electron chi connectivity index (χ3n) is 5.72. The minimum absolute atomic E-state index is 0.0228. The molecule has 6 heteroatoms. The molecular formula is C21H21N3O2S. The highest BCUT2D eigenvalue weighted by molar-refractivity contribution is 8.02. The molecule has 0 spiro atoms. The summed E-state index contributed by atoms with van der Waals surface area (Å²) in [5.41, 5.74) is 4.16. The van der Waals surface area contributed by atoms with Crippen LogP contribution in [-0.4, -0.2) is 30.3 Å². The van der Waals surface area contributed by atoms with E-state index in [4.69, 9.17) is 0 Å². The second-order valence-electron chi connectivity index (χ2n) is 7.41. The number of carbonyl (C=O) groups excluding carboxylic acids is 2. The number of benzene rings is 2. The predicted octanol–water partition coefficient (Wildman–Crippen LogP) is 3.64. The third kappa shape index (κ3) is 2.46. The zero-order chi connectivity index (χ0) is 18.6. The normalized spacial score (nSPS) is 23.1. The number of rotatable bonds is 2. The maximum atomic E-state index is 13.3. The van der Waals surface area contributed by atoms with Crippen LogP contribution in [0.5, 0.6) is 0 Å². The van der Waals surface area contributed by atoms with Gasteiger partial charge in [0.2, 0.25) is 5.91 Å². The first-order chi connectivity index (χ1) is 13.1. The first-order valence-electron chi connectivity index (χ1n) is 9.35. The maximum absolute atomic E-state index is 13.3. The molecular weight excluding hydrogens is 358 g/mol. The SMILES string of the molecule is CN1CCCc2cc(NC(=O)[C@]34CCC(=O)N3c3ccccc3S4)ccc21. The largest absolute Gasteiger partial charge is 0.374 e. The molecule has 1 fully saturated rings. The number of thioether (sulfide) groups is 1. The van der Waals surface area contributed by atoms with Crippen LogP contribution in [0.25, 0.3) is 0 Å². The smallest absolute Gasteiger partial charge is 0.261 e. The van der Waals surface area contributed by atoms with E-state index in [0.717, 1.165) is 35.7 Å². The van der Waals surface area contributed by atoms with Gasteiger partial charge in [0.25, 0.3) is 5.91 Å². The van der Waals surface area contributed by atoms with Gasteiger partial charge in [-0.2, -0.15) is 0 Å². The highest BCUT2D eigenvalue weighted by atomic mass is 32.2. The molecule has 0 aliphatic carbocycles. The summed E-state index contributed by atoms with van der Waals surface area (Å²) in [5, 5.41) is 3.09. The Morgan fingerprint density at radius 1 is 1.15 bits per heavy atom. The average Bonchev–Trinajstić information content (AvgIpc) is 3.18. The zero-order valence-electron chi connectivity index (χ0n) is 15.2. The van der Waals surface area contributed by atoms with E-state index < -0.39 is 4.87 Å². The van der Waals surface area contributed by atoms with Gasteiger partial charge >= 0.3 is 0 Å². The van der Waals surface area contributed by atoms with E-state index in [9.17, 15) is 9.59 Å². The Labute approximate surface area is 162 Å². The molecule has 3 aliphatic heterocycles. The number of amides is 2. The highest BCUT2D eigenvalue weighted by Crippen LogP contribution is 2.56. The zero-order valence-corrected chi connectivity index (χ0v) is 16.0. The summed E-state index contributed by atoms with van der Waals surface area (Å²) in [6, 6.07) is 13.9. The van der Waals surface area contributed by atoms with E-state index in [1.165, 1.54) is 23.0 Å². The number of para-hydroxylation sites is 1. The molecule has 27 heavy (non-hydrogen) atoms. The lowest BCUT2D eigenvalue weighted by Crippen LogP contribution is -2.49. The Balaban J connectivity index is 1.45. The molecule has 0 unspecified atom stereocenters. The average molecular weight is 379 g/mol. The fourth-order valence-corrected chi connectivity index (χ4v) is 5.80. The number of carbonyl (C=O) groups is 2. The molecule has 138 valence electrons. The quantitative estimate of drug-likeness (QED) is 0.866. The number of anilines is 3. The van der Waals surface area contributed by atoms with Crippen LogP contribution >= 0.6 is 11.8 Å². The lowest BCUT2D eigenvalue weighted by molar-refractivity contribution is -0.121. The highest BCUT2D eigenvalue weighted by Gasteiger charge is 2.57. The van der Waals surface area contributed by atoms with Crippen molar-refractivity contribution in [1.29, 1.82) is 0 Å². The first-order valence-corrected chi connectivity index (χ1v) is 10.2. The van der Waals surface area contributed by atoms with E-state index in [2.05, 4.69) is 29.4 Å². The molecule has 2 amide bonds. The Hall–Kier alpha value is -2.47. The Bertz CT molecular complexity index is 960. The van der Waals surface area contributed by atoms with Crippen LogP contribution in [0.4, 0.5) is 17.1 Å². The summed E-state index contributed by atoms with van der Waals surface area (Å²) in [6.45, 7) is 1.06. The van der Waals surface area contributed by atoms with E-state index in [0.29, 0.717) is 12.8 Å². The molecule has 1 saturated heterocycles. The lowest BCUT2D eigenvalue weighted by atomic mass is 10.0. The summed E-state index contributed by atoms with van der Waals surface area (Å²) < 4.78 is 0. The third-order valence-corrected chi connectivity index (χ3v) is 7.19. The molecule has 2 aromatic carbocycles. The van der Waals surface area contributed by atoms with Crippen LogP contribution in [0, 0.1) is 0 Å². The summed E-state index contributed by atoms with van der Waals surface area (Å²) in [4.78, 5) is 29.9. The predicted molar refractivity (Wildman–Crippen MR) is 108 cm³/mol. The van der Waals surface area contributed by atoms with Gasteiger partial charge in [-0.1, -0.05) is 23.9 Å². The molecule has 1 atom stereocenters. The van der Waals surface area contributed by atoms with Crippen molar-refractivity contribution in [3.63, 3.8) is 0 Å². The van der Waals surface area contributed by atoms with Crippen molar-refractivity contribution in [2.75, 3.05) is 28.7 Å². The fraction of sp³-hybridized carbons (Fsp3) is 0.333. The molecule has 5 rings (SSSR count). The number of fused-ring (bicyclic) bond motifs is 4. The van der Waals surface area contributed by atoms with Gasteiger partial charge in [0.1, 0.15) is 0 Å². The monoisotopic (exact) mass is 379 g/mol. The van der Waals surface area contributed by atoms with E-state index in [1.807, 2.05) is 30.3 Å². The number of hydrogen-bond donors (Lipinski definition) is 1. The standard InChI is InChI=1S/C21H21N3O2S/c1-23-12-4-5-14-13-15(8-9-16(14)23)22-20(26)21-11-10-19(25)24(21)17-6-2-3-7-18(17)27-21/h2-3,6-9,13H,4-5,10-12H2,1H3,(H,22,26)/t21-/m1/s1. The van der Waals surface area contributed by atoms with Crippen LogP contribution in [0.1, 0.15) is 24.8 Å². The Kier molecular flexibility index (Phi) is 3.72. The Morgan fingerprint density at radius 3 is 2.89 bits per heavy atom. The van der Waals surface area contributed by atoms with Gasteiger partial charge < -0.3 is 10.2 Å². The summed E-state index contributed by atoms with van der Waals surface area (Å²) in [7, 11) is 2.10. The molecule has 3 aliphatic rings. The van der Waals surface area contributed by atoms with E-state index in [1.54, 1.807) is 4.90 Å². The van der Waals surface area contributed by atoms with Gasteiger partial charge in [0.05, 0.1) is 5.69 Å². The molecule has 0 saturated carbocycles. The number of hydrogen-bond acceptors (Lipinski definition) is 4. The van der Waals surface area contributed by atoms with Gasteiger partial charge in [0.15, 0.2) is 4.87 Å². The van der Waals surface area contributed by atoms with Crippen LogP contribution in [0.3, 0.4) is 0 Å². The molecule has 5 nitrogen and oxygen atoms in total. The van der Waals surface area contributed by atoms with Gasteiger partial charge in [-0.3, -0.25) is 14.5 Å². The van der Waals surface area contributed by atoms with Crippen molar-refractivity contribution in [1.82, 2.24) is 0 Å². The molecule has 0 bridgehead atoms. The maximum Gasteiger partial charge on any atom is 0.261 e. The summed E-state index contributed by atoms with van der Waals surface area (Å²) in [5.74, 6) is -0.0895. The van der Waals surface area contributed by atoms with Crippen molar-refractivity contribution in [3.8, 4) is 0 Å². The van der Waals surface area contributed by atoms with Crippen molar-refractivity contribution < 1.29 is 9.59 Å². The number of nitrogens with one attached hydrogen (secondary N) is 1. The van der Waals surface area contributed by atoms with Crippen LogP contribution in [0.15, 0.2) is 47.4 Å². The minimum atomic E-state index is -0.868. The van der Waals surface area contributed by atoms with Crippen molar-refractivity contribution in [3.05, 3.63) is 48.0 Å². The lowest BCUT2D eigenvalue weighted by Gasteiger charge is -2.30. The second kappa shape index (κ2) is 6.02. The molecule has 0 aromatic heterocycles. The van der Waals surface area contributed by atoms with Gasteiger partial charge in [-0.25, -0.2) is 0 Å². The minimum Gasteiger partial charge on any atom is -0.374 e. The topological polar surface area (TPSA) is 52.7 Å². The Morgan fingerprint density at radius 2 is 2.00 bits per heavy atom. The fourth-order valence-electron chi connectivity index (χ4n) is 4.39. The number of nitrogens with zero attached hydrogens (tertiary/aromatic N) is 2. The van der Waals surface area contributed by atoms with Crippen molar-refractivity contribution in [2.24, 2.45) is 0 Å². The van der Waals surface area contributed by atoms with Crippen molar-refractivity contribution in [2.45, 2.75) is 35.4 Å². The first kappa shape index (κ1) is 16.7.